The van der Waals surface area contributed by atoms with Crippen molar-refractivity contribution in [1.29, 1.82) is 0 Å². The van der Waals surface area contributed by atoms with Crippen molar-refractivity contribution in [2.45, 2.75) is 13.2 Å². The summed E-state index contributed by atoms with van der Waals surface area (Å²) in [6.45, 7) is 1.71. The van der Waals surface area contributed by atoms with Crippen LogP contribution in [-0.2, 0) is 0 Å². The van der Waals surface area contributed by atoms with Crippen LogP contribution in [0.3, 0.4) is 0 Å². The highest BCUT2D eigenvalue weighted by Crippen LogP contribution is 2.46. The van der Waals surface area contributed by atoms with Crippen LogP contribution in [0, 0.1) is 6.92 Å². The number of nitrogens with one attached hydrogen (secondary N) is 1. The lowest BCUT2D eigenvalue weighted by Gasteiger charge is -2.08. The minimum absolute atomic E-state index is 0.124. The van der Waals surface area contributed by atoms with E-state index < -0.39 is 6.29 Å². The van der Waals surface area contributed by atoms with Gasteiger partial charge in [-0.25, -0.2) is 4.98 Å². The fraction of sp³-hybridized carbons (Fsp3) is 0.0833. The smallest absolute Gasteiger partial charge is 0.461 e. The summed E-state index contributed by atoms with van der Waals surface area (Å²) in [6.07, 6.45) is -2.27. The number of hydrogen-bond donors (Lipinski definition) is 1. The summed E-state index contributed by atoms with van der Waals surface area (Å²) in [5, 5.41) is 2.91. The van der Waals surface area contributed by atoms with Gasteiger partial charge in [-0.05, 0) is 31.2 Å². The van der Waals surface area contributed by atoms with E-state index in [2.05, 4.69) is 19.8 Å². The molecule has 1 N–H and O–H groups in total. The van der Waals surface area contributed by atoms with Crippen LogP contribution < -0.4 is 14.8 Å². The van der Waals surface area contributed by atoms with Gasteiger partial charge < -0.3 is 19.2 Å². The summed E-state index contributed by atoms with van der Waals surface area (Å²) in [5.41, 5.74) is 2.23. The molecule has 5 rings (SSSR count). The highest BCUT2D eigenvalue weighted by atomic mass is 35.5. The van der Waals surface area contributed by atoms with E-state index in [4.69, 9.17) is 16.0 Å². The van der Waals surface area contributed by atoms with E-state index in [9.17, 15) is 13.6 Å². The highest BCUT2D eigenvalue weighted by Gasteiger charge is 2.43. The number of amides is 1. The highest BCUT2D eigenvalue weighted by molar-refractivity contribution is 6.33. The predicted molar refractivity (Wildman–Crippen MR) is 118 cm³/mol. The second-order valence-electron chi connectivity index (χ2n) is 7.28. The second kappa shape index (κ2) is 7.90. The third-order valence-corrected chi connectivity index (χ3v) is 5.34. The zero-order chi connectivity index (χ0) is 23.2. The van der Waals surface area contributed by atoms with E-state index in [1.807, 2.05) is 30.3 Å². The Morgan fingerprint density at radius 2 is 1.73 bits per heavy atom. The van der Waals surface area contributed by atoms with Crippen molar-refractivity contribution >= 4 is 23.3 Å². The Morgan fingerprint density at radius 3 is 2.42 bits per heavy atom. The molecule has 0 radical (unpaired) electrons. The third-order valence-electron chi connectivity index (χ3n) is 5.03. The van der Waals surface area contributed by atoms with Crippen molar-refractivity contribution in [2.24, 2.45) is 0 Å². The number of alkyl halides is 2. The molecule has 0 unspecified atom stereocenters. The molecule has 0 bridgehead atoms. The van der Waals surface area contributed by atoms with Gasteiger partial charge in [0.05, 0.1) is 10.6 Å². The number of aromatic nitrogens is 1. The Kier molecular flexibility index (Phi) is 5.02. The maximum absolute atomic E-state index is 13.3. The van der Waals surface area contributed by atoms with Crippen LogP contribution >= 0.6 is 11.6 Å². The molecule has 166 valence electrons. The van der Waals surface area contributed by atoms with E-state index >= 15 is 0 Å². The number of pyridine rings is 1. The van der Waals surface area contributed by atoms with Gasteiger partial charge in [0, 0.05) is 29.0 Å². The molecule has 2 aromatic carbocycles. The van der Waals surface area contributed by atoms with Crippen LogP contribution in [-0.4, -0.2) is 17.2 Å². The van der Waals surface area contributed by atoms with Crippen LogP contribution in [0.5, 0.6) is 11.5 Å². The van der Waals surface area contributed by atoms with Crippen molar-refractivity contribution in [3.05, 3.63) is 83.2 Å². The normalized spacial score (nSPS) is 13.7. The van der Waals surface area contributed by atoms with E-state index in [1.165, 1.54) is 18.3 Å². The number of benzene rings is 2. The van der Waals surface area contributed by atoms with Crippen LogP contribution in [0.4, 0.5) is 14.6 Å². The molecule has 0 saturated carbocycles. The number of carbonyl (C=O) groups excluding carboxylic acids is 1. The molecular formula is C24H15ClF2N2O4. The van der Waals surface area contributed by atoms with Crippen molar-refractivity contribution in [1.82, 2.24) is 4.98 Å². The van der Waals surface area contributed by atoms with Crippen molar-refractivity contribution in [3.63, 3.8) is 0 Å². The molecule has 4 aromatic rings. The maximum Gasteiger partial charge on any atom is 0.586 e. The molecule has 0 aliphatic carbocycles. The molecule has 1 amide bonds. The number of anilines is 1. The first-order valence-corrected chi connectivity index (χ1v) is 10.2. The Morgan fingerprint density at radius 1 is 1.00 bits per heavy atom. The molecule has 0 fully saturated rings. The molecule has 1 aliphatic heterocycles. The van der Waals surface area contributed by atoms with Gasteiger partial charge in [0.15, 0.2) is 11.5 Å². The average Bonchev–Trinajstić information content (AvgIpc) is 3.32. The van der Waals surface area contributed by atoms with Gasteiger partial charge in [-0.1, -0.05) is 41.9 Å². The lowest BCUT2D eigenvalue weighted by Crippen LogP contribution is -2.25. The van der Waals surface area contributed by atoms with E-state index in [0.29, 0.717) is 34.0 Å². The number of carbonyl (C=O) groups is 1. The first-order valence-electron chi connectivity index (χ1n) is 9.82. The standard InChI is InChI=1S/C24H15ClF2N2O4/c1-13-16(9-19(31-13)14-5-3-2-4-6-14)23(30)29-22-8-7-15(12-28-22)17-10-20-21(11-18(17)25)33-24(26,27)32-20/h2-12H,1H3,(H,28,29,30). The summed E-state index contributed by atoms with van der Waals surface area (Å²) < 4.78 is 41.2. The van der Waals surface area contributed by atoms with Gasteiger partial charge in [0.25, 0.3) is 5.91 Å². The van der Waals surface area contributed by atoms with Gasteiger partial charge in [0.2, 0.25) is 0 Å². The van der Waals surface area contributed by atoms with Crippen molar-refractivity contribution < 1.29 is 27.5 Å². The van der Waals surface area contributed by atoms with Gasteiger partial charge in [-0.15, -0.1) is 8.78 Å². The number of aryl methyl sites for hydroxylation is 1. The van der Waals surface area contributed by atoms with Gasteiger partial charge in [-0.3, -0.25) is 4.79 Å². The average molecular weight is 469 g/mol. The van der Waals surface area contributed by atoms with Crippen LogP contribution in [0.2, 0.25) is 5.02 Å². The third kappa shape index (κ3) is 4.12. The molecular weight excluding hydrogens is 454 g/mol. The zero-order valence-corrected chi connectivity index (χ0v) is 17.8. The number of halogens is 3. The Hall–Kier alpha value is -3.91. The number of hydrogen-bond acceptors (Lipinski definition) is 5. The summed E-state index contributed by atoms with van der Waals surface area (Å²) >= 11 is 6.22. The van der Waals surface area contributed by atoms with Gasteiger partial charge in [-0.2, -0.15) is 0 Å². The molecule has 0 saturated heterocycles. The summed E-state index contributed by atoms with van der Waals surface area (Å²) in [6, 6.07) is 17.0. The monoisotopic (exact) mass is 468 g/mol. The fourth-order valence-electron chi connectivity index (χ4n) is 3.46. The van der Waals surface area contributed by atoms with Crippen molar-refractivity contribution in [2.75, 3.05) is 5.32 Å². The summed E-state index contributed by atoms with van der Waals surface area (Å²) in [4.78, 5) is 17.0. The Balaban J connectivity index is 1.34. The minimum Gasteiger partial charge on any atom is -0.461 e. The van der Waals surface area contributed by atoms with E-state index in [0.717, 1.165) is 5.56 Å². The molecule has 0 spiro atoms. The molecule has 6 nitrogen and oxygen atoms in total. The van der Waals surface area contributed by atoms with E-state index in [-0.39, 0.29) is 22.4 Å². The van der Waals surface area contributed by atoms with Crippen LogP contribution in [0.15, 0.2) is 71.3 Å². The maximum atomic E-state index is 13.3. The lowest BCUT2D eigenvalue weighted by atomic mass is 10.1. The molecule has 33 heavy (non-hydrogen) atoms. The van der Waals surface area contributed by atoms with Crippen molar-refractivity contribution in [3.8, 4) is 33.9 Å². The molecule has 3 heterocycles. The number of ether oxygens (including phenoxy) is 2. The quantitative estimate of drug-likeness (QED) is 0.368. The van der Waals surface area contributed by atoms with Gasteiger partial charge in [0.1, 0.15) is 17.3 Å². The molecule has 1 aliphatic rings. The molecule has 9 heteroatoms. The van der Waals surface area contributed by atoms with Gasteiger partial charge >= 0.3 is 6.29 Å². The number of fused-ring (bicyclic) bond motifs is 1. The zero-order valence-electron chi connectivity index (χ0n) is 17.1. The molecule has 0 atom stereocenters. The summed E-state index contributed by atoms with van der Waals surface area (Å²) in [7, 11) is 0. The van der Waals surface area contributed by atoms with E-state index in [1.54, 1.807) is 25.1 Å². The number of rotatable bonds is 4. The molecule has 2 aromatic heterocycles. The number of furan rings is 1. The van der Waals surface area contributed by atoms with Crippen LogP contribution in [0.25, 0.3) is 22.5 Å². The minimum atomic E-state index is -3.73. The summed E-state index contributed by atoms with van der Waals surface area (Å²) in [5.74, 6) is 0.727. The van der Waals surface area contributed by atoms with Crippen LogP contribution in [0.1, 0.15) is 16.1 Å². The number of nitrogens with zero attached hydrogens (tertiary/aromatic N) is 1. The first kappa shape index (κ1) is 21.0. The lowest BCUT2D eigenvalue weighted by molar-refractivity contribution is -0.286. The second-order valence-corrected chi connectivity index (χ2v) is 7.69. The first-order chi connectivity index (χ1) is 15.8. The largest absolute Gasteiger partial charge is 0.586 e. The Bertz CT molecular complexity index is 1360. The Labute approximate surface area is 191 Å². The topological polar surface area (TPSA) is 73.6 Å². The fourth-order valence-corrected chi connectivity index (χ4v) is 3.72. The SMILES string of the molecule is Cc1oc(-c2ccccc2)cc1C(=O)Nc1ccc(-c2cc3c(cc2Cl)OC(F)(F)O3)cn1. The predicted octanol–water partition coefficient (Wildman–Crippen LogP) is 6.54.